The molecule has 1 heterocycles. The minimum absolute atomic E-state index is 0.106. The van der Waals surface area contributed by atoms with Crippen LogP contribution in [0, 0.1) is 0 Å². The predicted octanol–water partition coefficient (Wildman–Crippen LogP) is 1.97. The number of aromatic hydroxyl groups is 1. The highest BCUT2D eigenvalue weighted by Gasteiger charge is 2.26. The van der Waals surface area contributed by atoms with Crippen LogP contribution < -0.4 is 4.31 Å². The third-order valence-electron chi connectivity index (χ3n) is 2.70. The number of aliphatic imine (C=N–C) groups is 1. The number of aromatic nitrogens is 1. The Hall–Kier alpha value is -2.42. The number of pyridine rings is 1. The summed E-state index contributed by atoms with van der Waals surface area (Å²) in [4.78, 5) is 19.1. The van der Waals surface area contributed by atoms with E-state index in [2.05, 4.69) is 28.0 Å². The Morgan fingerprint density at radius 1 is 1.43 bits per heavy atom. The zero-order valence-corrected chi connectivity index (χ0v) is 14.6. The highest BCUT2D eigenvalue weighted by molar-refractivity contribution is 7.92. The molecule has 0 atom stereocenters. The molecule has 1 aromatic rings. The number of carbonyl (C=O) groups excluding carboxylic acids is 1. The van der Waals surface area contributed by atoms with Crippen LogP contribution in [0.2, 0.25) is 0 Å². The molecular formula is C14H21N3O5S. The number of sulfonamides is 1. The van der Waals surface area contributed by atoms with E-state index < -0.39 is 27.4 Å². The topological polar surface area (TPSA) is 109 Å². The number of methoxy groups -OCH3 is 1. The highest BCUT2D eigenvalue weighted by Crippen LogP contribution is 2.39. The quantitative estimate of drug-likeness (QED) is 0.646. The van der Waals surface area contributed by atoms with Gasteiger partial charge < -0.3 is 9.84 Å². The summed E-state index contributed by atoms with van der Waals surface area (Å²) < 4.78 is 28.7. The van der Waals surface area contributed by atoms with Gasteiger partial charge in [0.25, 0.3) is 0 Å². The molecule has 0 bridgehead atoms. The second kappa shape index (κ2) is 8.28. The maximum Gasteiger partial charge on any atom is 0.360 e. The molecule has 0 aliphatic rings. The van der Waals surface area contributed by atoms with Gasteiger partial charge in [-0.15, -0.1) is 0 Å². The van der Waals surface area contributed by atoms with Crippen LogP contribution in [-0.2, 0) is 14.8 Å². The van der Waals surface area contributed by atoms with Crippen molar-refractivity contribution < 1.29 is 23.1 Å². The molecule has 0 fully saturated rings. The third kappa shape index (κ3) is 4.28. The number of hydrogen-bond acceptors (Lipinski definition) is 7. The van der Waals surface area contributed by atoms with E-state index >= 15 is 0 Å². The van der Waals surface area contributed by atoms with Crippen molar-refractivity contribution in [2.24, 2.45) is 4.99 Å². The molecule has 23 heavy (non-hydrogen) atoms. The smallest absolute Gasteiger partial charge is 0.360 e. The molecule has 0 aromatic carbocycles. The molecule has 0 unspecified atom stereocenters. The van der Waals surface area contributed by atoms with E-state index in [-0.39, 0.29) is 17.1 Å². The van der Waals surface area contributed by atoms with Crippen molar-refractivity contribution in [3.63, 3.8) is 0 Å². The Bertz CT molecular complexity index is 714. The lowest BCUT2D eigenvalue weighted by molar-refractivity contribution is 0.0590. The lowest BCUT2D eigenvalue weighted by Gasteiger charge is -2.20. The number of carbonyl (C=O) groups is 1. The lowest BCUT2D eigenvalue weighted by atomic mass is 10.1. The van der Waals surface area contributed by atoms with Gasteiger partial charge in [0, 0.05) is 12.6 Å². The first-order valence-electron chi connectivity index (χ1n) is 6.57. The normalized spacial score (nSPS) is 10.1. The fourth-order valence-electron chi connectivity index (χ4n) is 1.55. The SMILES string of the molecule is C=Cc1c(N(C)S(C)(=O)=O)nc(C(=O)OC)c(O)c1N=C.CC. The van der Waals surface area contributed by atoms with Crippen LogP contribution in [0.15, 0.2) is 11.6 Å². The molecule has 0 saturated heterocycles. The summed E-state index contributed by atoms with van der Waals surface area (Å²) in [5, 5.41) is 10.00. The van der Waals surface area contributed by atoms with Crippen LogP contribution in [0.4, 0.5) is 11.5 Å². The zero-order chi connectivity index (χ0) is 18.4. The van der Waals surface area contributed by atoms with Crippen LogP contribution in [0.1, 0.15) is 29.9 Å². The first-order chi connectivity index (χ1) is 10.7. The predicted molar refractivity (Wildman–Crippen MR) is 91.1 cm³/mol. The fourth-order valence-corrected chi connectivity index (χ4v) is 2.00. The molecule has 9 heteroatoms. The van der Waals surface area contributed by atoms with Gasteiger partial charge in [-0.2, -0.15) is 0 Å². The molecular weight excluding hydrogens is 322 g/mol. The number of ether oxygens (including phenoxy) is 1. The first kappa shape index (κ1) is 20.6. The number of rotatable bonds is 5. The summed E-state index contributed by atoms with van der Waals surface area (Å²) in [6.07, 6.45) is 2.22. The van der Waals surface area contributed by atoms with Gasteiger partial charge in [0.1, 0.15) is 5.69 Å². The molecule has 0 amide bonds. The standard InChI is InChI=1S/C12H15N3O5S.C2H6/c1-6-7-8(13-2)10(16)9(12(17)20-4)14-11(7)15(3)21(5,18)19;1-2/h6,16H,1-2H2,3-5H3;1-2H3. The second-order valence-electron chi connectivity index (χ2n) is 3.98. The molecule has 0 aliphatic carbocycles. The molecule has 0 spiro atoms. The average Bonchev–Trinajstić information content (AvgIpc) is 2.53. The Balaban J connectivity index is 0.00000232. The molecule has 128 valence electrons. The summed E-state index contributed by atoms with van der Waals surface area (Å²) in [5.74, 6) is -1.61. The van der Waals surface area contributed by atoms with Crippen LogP contribution in [0.3, 0.4) is 0 Å². The number of anilines is 1. The van der Waals surface area contributed by atoms with Crippen molar-refractivity contribution in [3.05, 3.63) is 17.8 Å². The summed E-state index contributed by atoms with van der Waals surface area (Å²) in [5.41, 5.74) is -0.440. The molecule has 1 N–H and O–H groups in total. The molecule has 1 aromatic heterocycles. The van der Waals surface area contributed by atoms with Gasteiger partial charge in [0.05, 0.1) is 13.4 Å². The number of esters is 1. The first-order valence-corrected chi connectivity index (χ1v) is 8.42. The average molecular weight is 343 g/mol. The Labute approximate surface area is 136 Å². The van der Waals surface area contributed by atoms with E-state index in [1.165, 1.54) is 13.1 Å². The van der Waals surface area contributed by atoms with Crippen LogP contribution in [0.25, 0.3) is 6.08 Å². The van der Waals surface area contributed by atoms with Crippen molar-refractivity contribution in [1.29, 1.82) is 0 Å². The van der Waals surface area contributed by atoms with Crippen LogP contribution >= 0.6 is 0 Å². The highest BCUT2D eigenvalue weighted by atomic mass is 32.2. The molecule has 1 rings (SSSR count). The molecule has 0 aliphatic heterocycles. The fraction of sp³-hybridized carbons (Fsp3) is 0.357. The van der Waals surface area contributed by atoms with Gasteiger partial charge >= 0.3 is 5.97 Å². The largest absolute Gasteiger partial charge is 0.504 e. The van der Waals surface area contributed by atoms with Gasteiger partial charge in [-0.1, -0.05) is 26.5 Å². The minimum atomic E-state index is -3.65. The zero-order valence-electron chi connectivity index (χ0n) is 13.8. The summed E-state index contributed by atoms with van der Waals surface area (Å²) in [6.45, 7) is 10.8. The van der Waals surface area contributed by atoms with Crippen molar-refractivity contribution in [3.8, 4) is 5.75 Å². The van der Waals surface area contributed by atoms with Crippen molar-refractivity contribution in [2.45, 2.75) is 13.8 Å². The second-order valence-corrected chi connectivity index (χ2v) is 5.99. The summed E-state index contributed by atoms with van der Waals surface area (Å²) >= 11 is 0. The van der Waals surface area contributed by atoms with Gasteiger partial charge in [0.2, 0.25) is 10.0 Å². The van der Waals surface area contributed by atoms with E-state index in [1.54, 1.807) is 0 Å². The maximum atomic E-state index is 11.7. The Morgan fingerprint density at radius 3 is 2.30 bits per heavy atom. The number of nitrogens with zero attached hydrogens (tertiary/aromatic N) is 3. The maximum absolute atomic E-state index is 11.7. The summed E-state index contributed by atoms with van der Waals surface area (Å²) in [7, 11) is -1.30. The Morgan fingerprint density at radius 2 is 1.96 bits per heavy atom. The van der Waals surface area contributed by atoms with Crippen molar-refractivity contribution in [2.75, 3.05) is 24.7 Å². The van der Waals surface area contributed by atoms with E-state index in [9.17, 15) is 18.3 Å². The van der Waals surface area contributed by atoms with Gasteiger partial charge in [-0.05, 0) is 6.72 Å². The monoisotopic (exact) mass is 343 g/mol. The minimum Gasteiger partial charge on any atom is -0.504 e. The van der Waals surface area contributed by atoms with Crippen LogP contribution in [-0.4, -0.2) is 51.6 Å². The molecule has 8 nitrogen and oxygen atoms in total. The molecule has 0 radical (unpaired) electrons. The molecule has 0 saturated carbocycles. The van der Waals surface area contributed by atoms with Crippen LogP contribution in [0.5, 0.6) is 5.75 Å². The lowest BCUT2D eigenvalue weighted by Crippen LogP contribution is -2.27. The van der Waals surface area contributed by atoms with Crippen molar-refractivity contribution in [1.82, 2.24) is 4.98 Å². The number of hydrogen-bond donors (Lipinski definition) is 1. The third-order valence-corrected chi connectivity index (χ3v) is 3.87. The van der Waals surface area contributed by atoms with E-state index in [0.717, 1.165) is 17.7 Å². The summed E-state index contributed by atoms with van der Waals surface area (Å²) in [6, 6.07) is 0. The van der Waals surface area contributed by atoms with E-state index in [1.807, 2.05) is 13.8 Å². The Kier molecular flexibility index (Phi) is 7.40. The van der Waals surface area contributed by atoms with Gasteiger partial charge in [-0.25, -0.2) is 18.2 Å². The van der Waals surface area contributed by atoms with E-state index in [4.69, 9.17) is 0 Å². The van der Waals surface area contributed by atoms with Crippen molar-refractivity contribution >= 4 is 40.3 Å². The van der Waals surface area contributed by atoms with E-state index in [0.29, 0.717) is 0 Å². The van der Waals surface area contributed by atoms with Gasteiger partial charge in [-0.3, -0.25) is 9.30 Å². The van der Waals surface area contributed by atoms with Gasteiger partial charge in [0.15, 0.2) is 17.3 Å².